The van der Waals surface area contributed by atoms with Gasteiger partial charge in [-0.1, -0.05) is 23.7 Å². The first-order chi connectivity index (χ1) is 5.16. The quantitative estimate of drug-likeness (QED) is 0.794. The fraction of sp³-hybridized carbons (Fsp3) is 0.250. The van der Waals surface area contributed by atoms with Crippen LogP contribution in [0.4, 0.5) is 0 Å². The van der Waals surface area contributed by atoms with Crippen molar-refractivity contribution in [1.82, 2.24) is 0 Å². The topological polar surface area (TPSA) is 26.0 Å². The molecule has 1 aromatic rings. The molecule has 0 aliphatic rings. The zero-order valence-corrected chi connectivity index (χ0v) is 8.54. The Morgan fingerprint density at radius 1 is 1.55 bits per heavy atom. The minimum absolute atomic E-state index is 0.514. The monoisotopic (exact) mass is 233 g/mol. The first-order valence-corrected chi connectivity index (χ1v) is 4.47. The molecule has 0 aliphatic heterocycles. The molecule has 60 valence electrons. The van der Waals surface area contributed by atoms with Crippen LogP contribution in [0.3, 0.4) is 0 Å². The number of hydrogen-bond acceptors (Lipinski definition) is 1. The van der Waals surface area contributed by atoms with Crippen molar-refractivity contribution in [3.63, 3.8) is 0 Å². The van der Waals surface area contributed by atoms with Crippen molar-refractivity contribution in [2.75, 3.05) is 0 Å². The fourth-order valence-corrected chi connectivity index (χ4v) is 1.63. The number of nitrogens with two attached hydrogens (primary N) is 1. The van der Waals surface area contributed by atoms with Gasteiger partial charge in [-0.2, -0.15) is 0 Å². The van der Waals surface area contributed by atoms with E-state index in [2.05, 4.69) is 15.9 Å². The van der Waals surface area contributed by atoms with Crippen molar-refractivity contribution in [3.05, 3.63) is 32.8 Å². The molecule has 1 nitrogen and oxygen atoms in total. The van der Waals surface area contributed by atoms with Gasteiger partial charge in [0.1, 0.15) is 0 Å². The zero-order chi connectivity index (χ0) is 8.43. The molecule has 1 rings (SSSR count). The smallest absolute Gasteiger partial charge is 0.0580 e. The molecule has 11 heavy (non-hydrogen) atoms. The third kappa shape index (κ3) is 1.75. The molecule has 0 spiro atoms. The second kappa shape index (κ2) is 3.57. The van der Waals surface area contributed by atoms with Crippen LogP contribution in [-0.4, -0.2) is 0 Å². The van der Waals surface area contributed by atoms with E-state index in [-0.39, 0.29) is 0 Å². The number of hydrogen-bond donors (Lipinski definition) is 1. The highest BCUT2D eigenvalue weighted by Crippen LogP contribution is 2.28. The molecule has 0 radical (unpaired) electrons. The maximum atomic E-state index is 5.96. The first kappa shape index (κ1) is 9.04. The molecule has 0 atom stereocenters. The Hall–Kier alpha value is -0.0500. The summed E-state index contributed by atoms with van der Waals surface area (Å²) in [7, 11) is 0. The number of benzene rings is 1. The van der Waals surface area contributed by atoms with Crippen molar-refractivity contribution >= 4 is 27.5 Å². The first-order valence-electron chi connectivity index (χ1n) is 3.30. The minimum Gasteiger partial charge on any atom is -0.326 e. The lowest BCUT2D eigenvalue weighted by Gasteiger charge is -2.05. The molecule has 0 unspecified atom stereocenters. The van der Waals surface area contributed by atoms with Gasteiger partial charge >= 0.3 is 0 Å². The second-order valence-electron chi connectivity index (χ2n) is 2.37. The molecule has 3 heteroatoms. The zero-order valence-electron chi connectivity index (χ0n) is 6.20. The van der Waals surface area contributed by atoms with E-state index in [1.807, 2.05) is 19.1 Å². The van der Waals surface area contributed by atoms with E-state index < -0.39 is 0 Å². The lowest BCUT2D eigenvalue weighted by Crippen LogP contribution is -1.97. The molecule has 0 bridgehead atoms. The number of aryl methyl sites for hydroxylation is 1. The lowest BCUT2D eigenvalue weighted by atomic mass is 10.1. The average molecular weight is 235 g/mol. The highest BCUT2D eigenvalue weighted by molar-refractivity contribution is 9.10. The predicted octanol–water partition coefficient (Wildman–Crippen LogP) is 2.87. The lowest BCUT2D eigenvalue weighted by molar-refractivity contribution is 1.06. The molecule has 0 aliphatic carbocycles. The van der Waals surface area contributed by atoms with Crippen LogP contribution >= 0.6 is 27.5 Å². The predicted molar refractivity (Wildman–Crippen MR) is 51.8 cm³/mol. The molecule has 1 aromatic carbocycles. The molecule has 0 heterocycles. The van der Waals surface area contributed by atoms with Crippen LogP contribution in [0.15, 0.2) is 16.6 Å². The highest BCUT2D eigenvalue weighted by atomic mass is 79.9. The maximum Gasteiger partial charge on any atom is 0.0580 e. The summed E-state index contributed by atoms with van der Waals surface area (Å²) in [6.45, 7) is 2.48. The van der Waals surface area contributed by atoms with E-state index in [1.165, 1.54) is 0 Å². The third-order valence-electron chi connectivity index (χ3n) is 1.58. The standard InChI is InChI=1S/C8H9BrClN/c1-5-2-3-6(4-11)7(9)8(5)10/h2-3H,4,11H2,1H3. The Morgan fingerprint density at radius 3 is 2.73 bits per heavy atom. The van der Waals surface area contributed by atoms with Gasteiger partial charge in [-0.25, -0.2) is 0 Å². The summed E-state index contributed by atoms with van der Waals surface area (Å²) >= 11 is 9.34. The highest BCUT2D eigenvalue weighted by Gasteiger charge is 2.04. The van der Waals surface area contributed by atoms with Crippen molar-refractivity contribution in [2.24, 2.45) is 5.73 Å². The summed E-state index contributed by atoms with van der Waals surface area (Å²) in [6.07, 6.45) is 0. The van der Waals surface area contributed by atoms with Gasteiger partial charge in [-0.3, -0.25) is 0 Å². The average Bonchev–Trinajstić information content (AvgIpc) is 2.01. The summed E-state index contributed by atoms with van der Waals surface area (Å²) in [5, 5.41) is 0.757. The molecule has 0 fully saturated rings. The van der Waals surface area contributed by atoms with Gasteiger partial charge in [0.05, 0.1) is 5.02 Å². The van der Waals surface area contributed by atoms with Crippen molar-refractivity contribution in [2.45, 2.75) is 13.5 Å². The molecule has 0 saturated heterocycles. The summed E-state index contributed by atoms with van der Waals surface area (Å²) < 4.78 is 0.918. The summed E-state index contributed by atoms with van der Waals surface area (Å²) in [5.74, 6) is 0. The van der Waals surface area contributed by atoms with Gasteiger partial charge in [0.15, 0.2) is 0 Å². The van der Waals surface area contributed by atoms with Crippen molar-refractivity contribution < 1.29 is 0 Å². The summed E-state index contributed by atoms with van der Waals surface area (Å²) in [5.41, 5.74) is 7.59. The Bertz CT molecular complexity index is 273. The number of rotatable bonds is 1. The Labute approximate surface area is 79.7 Å². The normalized spacial score (nSPS) is 10.2. The Balaban J connectivity index is 3.25. The SMILES string of the molecule is Cc1ccc(CN)c(Br)c1Cl. The van der Waals surface area contributed by atoms with Gasteiger partial charge in [0.25, 0.3) is 0 Å². The van der Waals surface area contributed by atoms with Gasteiger partial charge in [0, 0.05) is 11.0 Å². The molecular formula is C8H9BrClN. The summed E-state index contributed by atoms with van der Waals surface area (Å²) in [6, 6.07) is 3.95. The van der Waals surface area contributed by atoms with Crippen LogP contribution in [0.1, 0.15) is 11.1 Å². The maximum absolute atomic E-state index is 5.96. The summed E-state index contributed by atoms with van der Waals surface area (Å²) in [4.78, 5) is 0. The van der Waals surface area contributed by atoms with Gasteiger partial charge in [-0.05, 0) is 34.0 Å². The third-order valence-corrected chi connectivity index (χ3v) is 3.20. The molecule has 0 saturated carbocycles. The van der Waals surface area contributed by atoms with Crippen molar-refractivity contribution in [1.29, 1.82) is 0 Å². The van der Waals surface area contributed by atoms with Gasteiger partial charge in [-0.15, -0.1) is 0 Å². The van der Waals surface area contributed by atoms with E-state index in [0.717, 1.165) is 20.6 Å². The molecule has 0 amide bonds. The molecule has 0 aromatic heterocycles. The van der Waals surface area contributed by atoms with Gasteiger partial charge in [0.2, 0.25) is 0 Å². The number of halogens is 2. The van der Waals surface area contributed by atoms with E-state index in [0.29, 0.717) is 6.54 Å². The molecule has 2 N–H and O–H groups in total. The largest absolute Gasteiger partial charge is 0.326 e. The van der Waals surface area contributed by atoms with Gasteiger partial charge < -0.3 is 5.73 Å². The Morgan fingerprint density at radius 2 is 2.18 bits per heavy atom. The van der Waals surface area contributed by atoms with Crippen LogP contribution in [-0.2, 0) is 6.54 Å². The van der Waals surface area contributed by atoms with E-state index >= 15 is 0 Å². The van der Waals surface area contributed by atoms with Crippen LogP contribution in [0, 0.1) is 6.92 Å². The van der Waals surface area contributed by atoms with E-state index in [1.54, 1.807) is 0 Å². The minimum atomic E-state index is 0.514. The van der Waals surface area contributed by atoms with Crippen LogP contribution < -0.4 is 5.73 Å². The van der Waals surface area contributed by atoms with Crippen LogP contribution in [0.25, 0.3) is 0 Å². The van der Waals surface area contributed by atoms with E-state index in [9.17, 15) is 0 Å². The van der Waals surface area contributed by atoms with Crippen LogP contribution in [0.5, 0.6) is 0 Å². The second-order valence-corrected chi connectivity index (χ2v) is 3.54. The fourth-order valence-electron chi connectivity index (χ4n) is 0.844. The van der Waals surface area contributed by atoms with Crippen LogP contribution in [0.2, 0.25) is 5.02 Å². The Kier molecular flexibility index (Phi) is 2.93. The van der Waals surface area contributed by atoms with Crippen molar-refractivity contribution in [3.8, 4) is 0 Å². The molecular weight excluding hydrogens is 225 g/mol. The van der Waals surface area contributed by atoms with E-state index in [4.69, 9.17) is 17.3 Å².